The Bertz CT molecular complexity index is 799. The largest absolute Gasteiger partial charge is 0.505 e. The lowest BCUT2D eigenvalue weighted by atomic mass is 10.1. The van der Waals surface area contributed by atoms with Gasteiger partial charge in [-0.2, -0.15) is 5.11 Å². The molecule has 0 atom stereocenters. The van der Waals surface area contributed by atoms with Crippen LogP contribution in [0.15, 0.2) is 70.5 Å². The molecule has 1 N–H and O–H groups in total. The van der Waals surface area contributed by atoms with Crippen LogP contribution in [-0.4, -0.2) is 24.0 Å². The second kappa shape index (κ2) is 7.77. The summed E-state index contributed by atoms with van der Waals surface area (Å²) in [6.07, 6.45) is 0. The number of ketones is 1. The lowest BCUT2D eigenvalue weighted by Crippen LogP contribution is -2.18. The van der Waals surface area contributed by atoms with Crippen LogP contribution in [0.1, 0.15) is 5.56 Å². The summed E-state index contributed by atoms with van der Waals surface area (Å²) in [7, 11) is 1.03. The van der Waals surface area contributed by atoms with E-state index in [0.717, 1.165) is 19.2 Å². The third-order valence-corrected chi connectivity index (χ3v) is 2.95. The van der Waals surface area contributed by atoms with Crippen molar-refractivity contribution >= 4 is 23.2 Å². The summed E-state index contributed by atoms with van der Waals surface area (Å²) in [5.41, 5.74) is -0.0763. The first kappa shape index (κ1) is 17.0. The van der Waals surface area contributed by atoms with Crippen LogP contribution >= 0.6 is 0 Å². The number of hydrogen-bond acceptors (Lipinski definition) is 6. The molecule has 0 radical (unpaired) electrons. The van der Waals surface area contributed by atoms with E-state index < -0.39 is 29.0 Å². The second-order valence-corrected chi connectivity index (χ2v) is 4.56. The van der Waals surface area contributed by atoms with E-state index in [-0.39, 0.29) is 5.56 Å². The number of nitrogens with zero attached hydrogens (tertiary/aromatic N) is 2. The maximum absolute atomic E-state index is 13.0. The third-order valence-electron chi connectivity index (χ3n) is 2.95. The molecule has 0 aliphatic carbocycles. The number of methoxy groups -OCH3 is 1. The molecule has 0 unspecified atom stereocenters. The molecule has 0 spiro atoms. The van der Waals surface area contributed by atoms with Crippen LogP contribution in [0.3, 0.4) is 0 Å². The molecule has 24 heavy (non-hydrogen) atoms. The minimum absolute atomic E-state index is 0.107. The van der Waals surface area contributed by atoms with E-state index in [0.29, 0.717) is 5.69 Å². The fraction of sp³-hybridized carbons (Fsp3) is 0.0588. The average Bonchev–Trinajstić information content (AvgIpc) is 2.62. The van der Waals surface area contributed by atoms with Gasteiger partial charge in [-0.3, -0.25) is 4.79 Å². The first-order chi connectivity index (χ1) is 11.5. The minimum Gasteiger partial charge on any atom is -0.505 e. The number of halogens is 1. The van der Waals surface area contributed by atoms with E-state index in [2.05, 4.69) is 15.0 Å². The van der Waals surface area contributed by atoms with Crippen molar-refractivity contribution in [2.75, 3.05) is 7.11 Å². The number of carbonyl (C=O) groups excluding carboxylic acids is 2. The summed E-state index contributed by atoms with van der Waals surface area (Å²) >= 11 is 0. The van der Waals surface area contributed by atoms with Crippen LogP contribution in [0, 0.1) is 5.82 Å². The van der Waals surface area contributed by atoms with Crippen molar-refractivity contribution in [1.29, 1.82) is 0 Å². The number of hydrogen-bond donors (Lipinski definition) is 1. The van der Waals surface area contributed by atoms with E-state index >= 15 is 0 Å². The van der Waals surface area contributed by atoms with Gasteiger partial charge in [0.05, 0.1) is 12.8 Å². The Labute approximate surface area is 136 Å². The van der Waals surface area contributed by atoms with Crippen LogP contribution in [0.5, 0.6) is 0 Å². The van der Waals surface area contributed by atoms with Crippen molar-refractivity contribution in [2.24, 2.45) is 10.2 Å². The summed E-state index contributed by atoms with van der Waals surface area (Å²) in [4.78, 5) is 23.5. The Morgan fingerprint density at radius 3 is 2.25 bits per heavy atom. The van der Waals surface area contributed by atoms with Crippen LogP contribution in [0.25, 0.3) is 5.76 Å². The van der Waals surface area contributed by atoms with Crippen molar-refractivity contribution in [2.45, 2.75) is 0 Å². The minimum atomic E-state index is -1.20. The van der Waals surface area contributed by atoms with Gasteiger partial charge in [-0.15, -0.1) is 5.11 Å². The van der Waals surface area contributed by atoms with Crippen LogP contribution in [0.2, 0.25) is 0 Å². The summed E-state index contributed by atoms with van der Waals surface area (Å²) < 4.78 is 17.3. The normalized spacial score (nSPS) is 11.9. The highest BCUT2D eigenvalue weighted by molar-refractivity contribution is 6.41. The van der Waals surface area contributed by atoms with Gasteiger partial charge in [-0.1, -0.05) is 18.2 Å². The standard InChI is InChI=1S/C17H13FN2O4/c1-24-17(23)16(22)14(20-19-13-5-3-2-4-6-13)15(21)11-7-9-12(18)10-8-11/h2-10,21H,1H3. The van der Waals surface area contributed by atoms with Gasteiger partial charge in [-0.05, 0) is 36.4 Å². The lowest BCUT2D eigenvalue weighted by molar-refractivity contribution is -0.149. The molecule has 0 aliphatic heterocycles. The maximum atomic E-state index is 13.0. The van der Waals surface area contributed by atoms with Gasteiger partial charge in [0.1, 0.15) is 5.82 Å². The first-order valence-corrected chi connectivity index (χ1v) is 6.81. The third kappa shape index (κ3) is 4.10. The summed E-state index contributed by atoms with van der Waals surface area (Å²) in [5, 5.41) is 17.7. The van der Waals surface area contributed by atoms with E-state index in [9.17, 15) is 19.1 Å². The van der Waals surface area contributed by atoms with Crippen molar-refractivity contribution in [3.05, 3.63) is 71.7 Å². The van der Waals surface area contributed by atoms with Crippen molar-refractivity contribution in [1.82, 2.24) is 0 Å². The highest BCUT2D eigenvalue weighted by atomic mass is 19.1. The highest BCUT2D eigenvalue weighted by Gasteiger charge is 2.24. The first-order valence-electron chi connectivity index (χ1n) is 6.81. The Kier molecular flexibility index (Phi) is 5.51. The molecule has 2 aromatic rings. The monoisotopic (exact) mass is 328 g/mol. The molecule has 0 aromatic heterocycles. The topological polar surface area (TPSA) is 88.3 Å². The molecule has 2 rings (SSSR count). The summed E-state index contributed by atoms with van der Waals surface area (Å²) in [6, 6.07) is 13.1. The SMILES string of the molecule is COC(=O)C(=O)C(N=Nc1ccccc1)=C(O)c1ccc(F)cc1. The Balaban J connectivity index is 2.47. The van der Waals surface area contributed by atoms with Crippen molar-refractivity contribution < 1.29 is 23.8 Å². The van der Waals surface area contributed by atoms with Crippen LogP contribution in [-0.2, 0) is 14.3 Å². The second-order valence-electron chi connectivity index (χ2n) is 4.56. The highest BCUT2D eigenvalue weighted by Crippen LogP contribution is 2.21. The number of ether oxygens (including phenoxy) is 1. The van der Waals surface area contributed by atoms with Gasteiger partial charge in [0.2, 0.25) is 0 Å². The molecule has 0 aliphatic rings. The van der Waals surface area contributed by atoms with Gasteiger partial charge in [0.15, 0.2) is 11.5 Å². The summed E-state index contributed by atoms with van der Waals surface area (Å²) in [5.74, 6) is -3.49. The predicted molar refractivity (Wildman–Crippen MR) is 83.9 cm³/mol. The molecule has 0 saturated carbocycles. The smallest absolute Gasteiger partial charge is 0.381 e. The fourth-order valence-electron chi connectivity index (χ4n) is 1.74. The van der Waals surface area contributed by atoms with Gasteiger partial charge in [-0.25, -0.2) is 9.18 Å². The van der Waals surface area contributed by atoms with E-state index in [1.54, 1.807) is 30.3 Å². The lowest BCUT2D eigenvalue weighted by Gasteiger charge is -2.04. The van der Waals surface area contributed by atoms with Gasteiger partial charge >= 0.3 is 5.97 Å². The van der Waals surface area contributed by atoms with E-state index in [4.69, 9.17) is 0 Å². The van der Waals surface area contributed by atoms with Crippen molar-refractivity contribution in [3.63, 3.8) is 0 Å². The Hall–Kier alpha value is -3.35. The molecule has 122 valence electrons. The van der Waals surface area contributed by atoms with Crippen LogP contribution in [0.4, 0.5) is 10.1 Å². The van der Waals surface area contributed by atoms with Gasteiger partial charge in [0.25, 0.3) is 5.78 Å². The molecule has 2 aromatic carbocycles. The quantitative estimate of drug-likeness (QED) is 0.299. The van der Waals surface area contributed by atoms with Gasteiger partial charge < -0.3 is 9.84 Å². The average molecular weight is 328 g/mol. The number of aliphatic hydroxyl groups excluding tert-OH is 1. The molecule has 0 saturated heterocycles. The molecular formula is C17H13FN2O4. The number of esters is 1. The number of carbonyl (C=O) groups is 2. The van der Waals surface area contributed by atoms with Crippen LogP contribution < -0.4 is 0 Å². The number of rotatable bonds is 5. The zero-order valence-electron chi connectivity index (χ0n) is 12.6. The molecule has 0 bridgehead atoms. The van der Waals surface area contributed by atoms with Crippen molar-refractivity contribution in [3.8, 4) is 0 Å². The Morgan fingerprint density at radius 1 is 1.04 bits per heavy atom. The molecule has 7 heteroatoms. The number of aliphatic hydroxyl groups is 1. The number of azo groups is 1. The number of benzene rings is 2. The molecule has 0 amide bonds. The molecule has 6 nitrogen and oxygen atoms in total. The predicted octanol–water partition coefficient (Wildman–Crippen LogP) is 3.58. The fourth-order valence-corrected chi connectivity index (χ4v) is 1.74. The maximum Gasteiger partial charge on any atom is 0.381 e. The molecule has 0 fully saturated rings. The number of Topliss-reactive ketones (excluding diaryl/α,β-unsaturated/α-hetero) is 1. The molecule has 0 heterocycles. The zero-order chi connectivity index (χ0) is 17.5. The zero-order valence-corrected chi connectivity index (χ0v) is 12.6. The van der Waals surface area contributed by atoms with E-state index in [1.165, 1.54) is 12.1 Å². The summed E-state index contributed by atoms with van der Waals surface area (Å²) in [6.45, 7) is 0. The van der Waals surface area contributed by atoms with E-state index in [1.807, 2.05) is 0 Å². The molecular weight excluding hydrogens is 315 g/mol. The Morgan fingerprint density at radius 2 is 1.67 bits per heavy atom. The van der Waals surface area contributed by atoms with Gasteiger partial charge in [0, 0.05) is 5.56 Å².